The van der Waals surface area contributed by atoms with E-state index < -0.39 is 5.60 Å². The van der Waals surface area contributed by atoms with E-state index in [2.05, 4.69) is 20.2 Å². The minimum Gasteiger partial charge on any atom is -0.398 e. The zero-order valence-corrected chi connectivity index (χ0v) is 19.7. The lowest BCUT2D eigenvalue weighted by molar-refractivity contribution is -0.119. The number of nitrogens with zero attached hydrogens (tertiary/aromatic N) is 3. The number of allylic oxidation sites excluding steroid dienone is 1. The van der Waals surface area contributed by atoms with Crippen molar-refractivity contribution >= 4 is 17.4 Å². The molecule has 1 aromatic rings. The highest BCUT2D eigenvalue weighted by atomic mass is 16.5. The zero-order chi connectivity index (χ0) is 23.6. The van der Waals surface area contributed by atoms with Crippen LogP contribution in [0, 0.1) is 5.41 Å². The van der Waals surface area contributed by atoms with E-state index >= 15 is 0 Å². The maximum absolute atomic E-state index is 11.7. The van der Waals surface area contributed by atoms with Crippen LogP contribution in [0.1, 0.15) is 51.6 Å². The molecule has 1 amide bonds. The summed E-state index contributed by atoms with van der Waals surface area (Å²) < 4.78 is 11.4. The maximum Gasteiger partial charge on any atom is 0.220 e. The lowest BCUT2D eigenvalue weighted by Crippen LogP contribution is -2.51. The number of amides is 1. The van der Waals surface area contributed by atoms with Gasteiger partial charge in [0.2, 0.25) is 5.91 Å². The molecule has 33 heavy (non-hydrogen) atoms. The number of hydrogen-bond donors (Lipinski definition) is 3. The number of piperidine rings is 1. The molecule has 4 N–H and O–H groups in total. The molecule has 1 aromatic heterocycles. The lowest BCUT2D eigenvalue weighted by Gasteiger charge is -2.39. The number of hydrogen-bond acceptors (Lipinski definition) is 8. The Bertz CT molecular complexity index is 982. The third-order valence-corrected chi connectivity index (χ3v) is 6.85. The largest absolute Gasteiger partial charge is 0.398 e. The van der Waals surface area contributed by atoms with Crippen LogP contribution in [0.15, 0.2) is 35.8 Å². The molecule has 4 rings (SSSR count). The van der Waals surface area contributed by atoms with Crippen LogP contribution in [0.3, 0.4) is 0 Å². The molecule has 9 heteroatoms. The number of nitrogens with one attached hydrogen (secondary N) is 2. The summed E-state index contributed by atoms with van der Waals surface area (Å²) in [6.07, 6.45) is 8.98. The average Bonchev–Trinajstić information content (AvgIpc) is 3.15. The van der Waals surface area contributed by atoms with Gasteiger partial charge < -0.3 is 25.4 Å². The summed E-state index contributed by atoms with van der Waals surface area (Å²) in [6.45, 7) is 6.06. The molecule has 9 nitrogen and oxygen atoms in total. The molecule has 0 saturated carbocycles. The van der Waals surface area contributed by atoms with Gasteiger partial charge in [-0.3, -0.25) is 10.2 Å². The number of methoxy groups -OCH3 is 1. The first-order valence-electron chi connectivity index (χ1n) is 11.5. The molecule has 178 valence electrons. The highest BCUT2D eigenvalue weighted by Crippen LogP contribution is 2.34. The molecule has 1 spiro atoms. The fourth-order valence-corrected chi connectivity index (χ4v) is 5.04. The van der Waals surface area contributed by atoms with Crippen molar-refractivity contribution in [3.8, 4) is 0 Å². The van der Waals surface area contributed by atoms with Gasteiger partial charge in [-0.1, -0.05) is 6.08 Å². The van der Waals surface area contributed by atoms with Crippen molar-refractivity contribution in [3.05, 3.63) is 41.5 Å². The van der Waals surface area contributed by atoms with Crippen molar-refractivity contribution in [2.75, 3.05) is 31.7 Å². The van der Waals surface area contributed by atoms with Gasteiger partial charge in [0.1, 0.15) is 12.1 Å². The third kappa shape index (κ3) is 5.09. The van der Waals surface area contributed by atoms with E-state index in [0.717, 1.165) is 38.2 Å². The molecule has 3 heterocycles. The number of nitrogens with two attached hydrogens (primary N) is 1. The van der Waals surface area contributed by atoms with Crippen molar-refractivity contribution in [2.24, 2.45) is 5.73 Å². The molecule has 2 atom stereocenters. The minimum atomic E-state index is -0.578. The van der Waals surface area contributed by atoms with Crippen LogP contribution in [-0.4, -0.2) is 65.6 Å². The Labute approximate surface area is 194 Å². The Morgan fingerprint density at radius 1 is 1.33 bits per heavy atom. The van der Waals surface area contributed by atoms with E-state index in [1.165, 1.54) is 6.33 Å². The molecular weight excluding hydrogens is 420 g/mol. The molecule has 0 aromatic carbocycles. The normalized spacial score (nSPS) is 25.4. The smallest absolute Gasteiger partial charge is 0.220 e. The number of anilines is 1. The van der Waals surface area contributed by atoms with Crippen LogP contribution in [0.4, 0.5) is 5.82 Å². The summed E-state index contributed by atoms with van der Waals surface area (Å²) in [5.74, 6) is 0.948. The van der Waals surface area contributed by atoms with E-state index in [0.29, 0.717) is 36.4 Å². The number of rotatable bonds is 7. The molecule has 2 fully saturated rings. The molecule has 2 saturated heterocycles. The van der Waals surface area contributed by atoms with Crippen LogP contribution >= 0.6 is 0 Å². The Morgan fingerprint density at radius 2 is 2.09 bits per heavy atom. The van der Waals surface area contributed by atoms with Crippen molar-refractivity contribution in [1.82, 2.24) is 15.3 Å². The topological polar surface area (TPSA) is 126 Å². The summed E-state index contributed by atoms with van der Waals surface area (Å²) >= 11 is 0. The van der Waals surface area contributed by atoms with Gasteiger partial charge in [-0.15, -0.1) is 0 Å². The van der Waals surface area contributed by atoms with E-state index in [1.807, 2.05) is 32.1 Å². The van der Waals surface area contributed by atoms with E-state index in [-0.39, 0.29) is 23.3 Å². The van der Waals surface area contributed by atoms with Gasteiger partial charge in [-0.05, 0) is 39.2 Å². The van der Waals surface area contributed by atoms with Gasteiger partial charge in [-0.25, -0.2) is 9.97 Å². The van der Waals surface area contributed by atoms with E-state index in [4.69, 9.17) is 20.6 Å². The number of carbonyl (C=O) groups excluding carboxylic acids is 1. The Balaban J connectivity index is 1.46. The van der Waals surface area contributed by atoms with Gasteiger partial charge in [0.25, 0.3) is 0 Å². The summed E-state index contributed by atoms with van der Waals surface area (Å²) in [5, 5.41) is 12.0. The molecule has 2 aliphatic heterocycles. The Kier molecular flexibility index (Phi) is 6.54. The predicted octanol–water partition coefficient (Wildman–Crippen LogP) is 2.08. The van der Waals surface area contributed by atoms with Crippen LogP contribution in [-0.2, 0) is 14.3 Å². The maximum atomic E-state index is 11.7. The SMILES string of the molecule is COC[C@H](C)OC1(C)C=CC(N)=C(C(=N)c2cc(N3CCC4(CCC(=O)N4)CC3)ncn2)C1. The summed E-state index contributed by atoms with van der Waals surface area (Å²) in [7, 11) is 1.65. The van der Waals surface area contributed by atoms with Gasteiger partial charge >= 0.3 is 0 Å². The van der Waals surface area contributed by atoms with Crippen molar-refractivity contribution < 1.29 is 14.3 Å². The second-order valence-corrected chi connectivity index (χ2v) is 9.59. The monoisotopic (exact) mass is 454 g/mol. The highest BCUT2D eigenvalue weighted by molar-refractivity contribution is 6.10. The Hall–Kier alpha value is -2.78. The predicted molar refractivity (Wildman–Crippen MR) is 126 cm³/mol. The molecule has 1 unspecified atom stereocenters. The van der Waals surface area contributed by atoms with Gasteiger partial charge in [0, 0.05) is 55.9 Å². The number of carbonyl (C=O) groups is 1. The fourth-order valence-electron chi connectivity index (χ4n) is 5.04. The molecule has 0 radical (unpaired) electrons. The van der Waals surface area contributed by atoms with Gasteiger partial charge in [-0.2, -0.15) is 0 Å². The summed E-state index contributed by atoms with van der Waals surface area (Å²) in [5.41, 5.74) is 7.71. The molecular formula is C24H34N6O3. The standard InChI is InChI=1S/C24H34N6O3/c1-16(14-32-3)33-23(2)6-4-18(25)17(13-23)22(26)19-12-20(28-15-27-19)30-10-8-24(9-11-30)7-5-21(31)29-24/h4,6,12,15-16,26H,5,7-11,13-14,25H2,1-3H3,(H,29,31)/t16-,23?/m0/s1. The Morgan fingerprint density at radius 3 is 2.76 bits per heavy atom. The van der Waals surface area contributed by atoms with Crippen molar-refractivity contribution in [2.45, 2.75) is 63.2 Å². The first-order chi connectivity index (χ1) is 15.7. The quantitative estimate of drug-likeness (QED) is 0.538. The second kappa shape index (κ2) is 9.23. The van der Waals surface area contributed by atoms with Crippen LogP contribution < -0.4 is 16.0 Å². The van der Waals surface area contributed by atoms with E-state index in [1.54, 1.807) is 7.11 Å². The lowest BCUT2D eigenvalue weighted by atomic mass is 9.86. The summed E-state index contributed by atoms with van der Waals surface area (Å²) in [6, 6.07) is 1.86. The average molecular weight is 455 g/mol. The number of ether oxygens (including phenoxy) is 2. The van der Waals surface area contributed by atoms with Crippen LogP contribution in [0.25, 0.3) is 0 Å². The van der Waals surface area contributed by atoms with Crippen molar-refractivity contribution in [1.29, 1.82) is 5.41 Å². The first kappa shape index (κ1) is 23.4. The second-order valence-electron chi connectivity index (χ2n) is 9.59. The third-order valence-electron chi connectivity index (χ3n) is 6.85. The zero-order valence-electron chi connectivity index (χ0n) is 19.7. The van der Waals surface area contributed by atoms with E-state index in [9.17, 15) is 4.79 Å². The van der Waals surface area contributed by atoms with Crippen LogP contribution in [0.5, 0.6) is 0 Å². The number of aromatic nitrogens is 2. The fraction of sp³-hybridized carbons (Fsp3) is 0.583. The molecule has 3 aliphatic rings. The first-order valence-corrected chi connectivity index (χ1v) is 11.5. The van der Waals surface area contributed by atoms with Gasteiger partial charge in [0.05, 0.1) is 29.7 Å². The van der Waals surface area contributed by atoms with Crippen LogP contribution in [0.2, 0.25) is 0 Å². The molecule has 1 aliphatic carbocycles. The highest BCUT2D eigenvalue weighted by Gasteiger charge is 2.40. The van der Waals surface area contributed by atoms with Crippen molar-refractivity contribution in [3.63, 3.8) is 0 Å². The van der Waals surface area contributed by atoms with Gasteiger partial charge in [0.15, 0.2) is 0 Å². The molecule has 0 bridgehead atoms. The summed E-state index contributed by atoms with van der Waals surface area (Å²) in [4.78, 5) is 22.7. The minimum absolute atomic E-state index is 0.0613.